The van der Waals surface area contributed by atoms with Crippen molar-refractivity contribution in [1.29, 1.82) is 0 Å². The number of primary sulfonamides is 1. The molecule has 0 aliphatic carbocycles. The van der Waals surface area contributed by atoms with E-state index in [1.807, 2.05) is 0 Å². The summed E-state index contributed by atoms with van der Waals surface area (Å²) in [4.78, 5) is -0.728. The van der Waals surface area contributed by atoms with Crippen LogP contribution in [0.1, 0.15) is 11.1 Å². The number of nitrogens with two attached hydrogens (primary N) is 1. The van der Waals surface area contributed by atoms with Gasteiger partial charge in [0.1, 0.15) is 0 Å². The molecule has 0 aromatic heterocycles. The van der Waals surface area contributed by atoms with E-state index >= 15 is 0 Å². The van der Waals surface area contributed by atoms with Gasteiger partial charge < -0.3 is 0 Å². The monoisotopic (exact) mass is 524 g/mol. The largest absolute Gasteiger partial charge is 0.416 e. The van der Waals surface area contributed by atoms with E-state index in [2.05, 4.69) is 4.72 Å². The van der Waals surface area contributed by atoms with Gasteiger partial charge in [0.15, 0.2) is 0 Å². The molecule has 0 aliphatic rings. The lowest BCUT2D eigenvalue weighted by atomic mass is 9.99. The number of alkyl halides is 6. The molecule has 0 spiro atoms. The van der Waals surface area contributed by atoms with Gasteiger partial charge in [0, 0.05) is 0 Å². The molecule has 0 heterocycles. The van der Waals surface area contributed by atoms with E-state index in [9.17, 15) is 43.2 Å². The van der Waals surface area contributed by atoms with Crippen LogP contribution >= 0.6 is 0 Å². The summed E-state index contributed by atoms with van der Waals surface area (Å²) >= 11 is 0. The van der Waals surface area contributed by atoms with Gasteiger partial charge in [-0.2, -0.15) is 26.3 Å². The molecule has 0 saturated carbocycles. The third-order valence-corrected chi connectivity index (χ3v) is 6.81. The number of nitrogens with one attached hydrogen (secondary N) is 1. The standard InChI is InChI=1S/C20H14F6N2O4S2/c21-19(22,23)14-8-13(9-15(10-14)20(24,25)26)12-4-6-17(7-5-12)34(31,32)28-16-2-1-3-18(11-16)33(27,29)30/h1-11,28H,(H2,27,29,30). The maximum absolute atomic E-state index is 13.1. The lowest BCUT2D eigenvalue weighted by Crippen LogP contribution is -2.15. The maximum Gasteiger partial charge on any atom is 0.416 e. The van der Waals surface area contributed by atoms with Crippen molar-refractivity contribution >= 4 is 25.7 Å². The zero-order chi connectivity index (χ0) is 25.5. The molecule has 0 atom stereocenters. The second-order valence-corrected chi connectivity index (χ2v) is 10.2. The van der Waals surface area contributed by atoms with Crippen LogP contribution in [0.15, 0.2) is 76.5 Å². The fourth-order valence-corrected chi connectivity index (χ4v) is 4.51. The van der Waals surface area contributed by atoms with Crippen molar-refractivity contribution in [3.05, 3.63) is 77.9 Å². The highest BCUT2D eigenvalue weighted by Gasteiger charge is 2.37. The van der Waals surface area contributed by atoms with Gasteiger partial charge in [-0.15, -0.1) is 0 Å². The molecular formula is C20H14F6N2O4S2. The Labute approximate surface area is 190 Å². The first-order valence-electron chi connectivity index (χ1n) is 9.02. The summed E-state index contributed by atoms with van der Waals surface area (Å²) in [6.07, 6.45) is -10.1. The summed E-state index contributed by atoms with van der Waals surface area (Å²) in [6.45, 7) is 0. The summed E-state index contributed by atoms with van der Waals surface area (Å²) in [6, 6.07) is 9.70. The van der Waals surface area contributed by atoms with Gasteiger partial charge in [0.25, 0.3) is 10.0 Å². The Morgan fingerprint density at radius 2 is 1.18 bits per heavy atom. The maximum atomic E-state index is 13.1. The quantitative estimate of drug-likeness (QED) is 0.466. The minimum Gasteiger partial charge on any atom is -0.280 e. The van der Waals surface area contributed by atoms with Crippen molar-refractivity contribution in [2.75, 3.05) is 4.72 Å². The summed E-state index contributed by atoms with van der Waals surface area (Å²) in [5.41, 5.74) is -3.66. The molecule has 0 unspecified atom stereocenters. The highest BCUT2D eigenvalue weighted by Crippen LogP contribution is 2.38. The average molecular weight is 524 g/mol. The van der Waals surface area contributed by atoms with Crippen LogP contribution in [-0.4, -0.2) is 16.8 Å². The first-order valence-corrected chi connectivity index (χ1v) is 12.1. The Hall–Kier alpha value is -3.10. The van der Waals surface area contributed by atoms with E-state index in [1.165, 1.54) is 12.1 Å². The van der Waals surface area contributed by atoms with E-state index < -0.39 is 49.1 Å². The van der Waals surface area contributed by atoms with Crippen LogP contribution in [0.3, 0.4) is 0 Å². The predicted octanol–water partition coefficient (Wildman–Crippen LogP) is 4.84. The Morgan fingerprint density at radius 1 is 0.647 bits per heavy atom. The van der Waals surface area contributed by atoms with Crippen molar-refractivity contribution in [3.63, 3.8) is 0 Å². The van der Waals surface area contributed by atoms with Crippen LogP contribution in [0.25, 0.3) is 11.1 Å². The highest BCUT2D eigenvalue weighted by atomic mass is 32.2. The molecule has 0 amide bonds. The van der Waals surface area contributed by atoms with Gasteiger partial charge in [-0.1, -0.05) is 18.2 Å². The van der Waals surface area contributed by atoms with E-state index in [1.54, 1.807) is 0 Å². The number of rotatable bonds is 5. The molecular weight excluding hydrogens is 510 g/mol. The van der Waals surface area contributed by atoms with E-state index in [0.717, 1.165) is 36.4 Å². The Kier molecular flexibility index (Phi) is 6.45. The van der Waals surface area contributed by atoms with Crippen LogP contribution in [0.2, 0.25) is 0 Å². The second kappa shape index (κ2) is 8.60. The number of hydrogen-bond donors (Lipinski definition) is 2. The molecule has 0 bridgehead atoms. The Balaban J connectivity index is 1.96. The summed E-state index contributed by atoms with van der Waals surface area (Å²) < 4.78 is 129. The van der Waals surface area contributed by atoms with E-state index in [0.29, 0.717) is 12.1 Å². The third kappa shape index (κ3) is 5.87. The molecule has 14 heteroatoms. The summed E-state index contributed by atoms with van der Waals surface area (Å²) in [5.74, 6) is 0. The summed E-state index contributed by atoms with van der Waals surface area (Å²) in [7, 11) is -8.39. The van der Waals surface area contributed by atoms with Crippen molar-refractivity contribution in [1.82, 2.24) is 0 Å². The van der Waals surface area contributed by atoms with Gasteiger partial charge in [-0.3, -0.25) is 4.72 Å². The molecule has 0 saturated heterocycles. The molecule has 3 N–H and O–H groups in total. The SMILES string of the molecule is NS(=O)(=O)c1cccc(NS(=O)(=O)c2ccc(-c3cc(C(F)(F)F)cc(C(F)(F)F)c3)cc2)c1. The van der Waals surface area contributed by atoms with Crippen LogP contribution in [0, 0.1) is 0 Å². The number of anilines is 1. The van der Waals surface area contributed by atoms with Crippen molar-refractivity contribution in [3.8, 4) is 11.1 Å². The average Bonchev–Trinajstić information content (AvgIpc) is 2.71. The molecule has 0 radical (unpaired) electrons. The first-order chi connectivity index (χ1) is 15.5. The number of halogens is 6. The Morgan fingerprint density at radius 3 is 1.65 bits per heavy atom. The van der Waals surface area contributed by atoms with Crippen LogP contribution in [0.4, 0.5) is 32.0 Å². The highest BCUT2D eigenvalue weighted by molar-refractivity contribution is 7.92. The van der Waals surface area contributed by atoms with Gasteiger partial charge in [0.2, 0.25) is 10.0 Å². The molecule has 3 aromatic rings. The zero-order valence-corrected chi connectivity index (χ0v) is 18.3. The van der Waals surface area contributed by atoms with Crippen molar-refractivity contribution in [2.24, 2.45) is 5.14 Å². The van der Waals surface area contributed by atoms with Gasteiger partial charge in [-0.05, 0) is 59.7 Å². The van der Waals surface area contributed by atoms with Gasteiger partial charge in [-0.25, -0.2) is 22.0 Å². The summed E-state index contributed by atoms with van der Waals surface area (Å²) in [5, 5.41) is 5.00. The molecule has 0 aliphatic heterocycles. The number of hydrogen-bond acceptors (Lipinski definition) is 4. The van der Waals surface area contributed by atoms with Crippen molar-refractivity contribution in [2.45, 2.75) is 22.1 Å². The second-order valence-electron chi connectivity index (χ2n) is 7.00. The fraction of sp³-hybridized carbons (Fsp3) is 0.100. The number of benzene rings is 3. The fourth-order valence-electron chi connectivity index (χ4n) is 2.90. The zero-order valence-electron chi connectivity index (χ0n) is 16.6. The van der Waals surface area contributed by atoms with E-state index in [-0.39, 0.29) is 27.1 Å². The molecule has 3 rings (SSSR count). The topological polar surface area (TPSA) is 106 Å². The van der Waals surface area contributed by atoms with Crippen LogP contribution < -0.4 is 9.86 Å². The van der Waals surface area contributed by atoms with Crippen LogP contribution in [0.5, 0.6) is 0 Å². The smallest absolute Gasteiger partial charge is 0.280 e. The van der Waals surface area contributed by atoms with Gasteiger partial charge >= 0.3 is 12.4 Å². The lowest BCUT2D eigenvalue weighted by Gasteiger charge is -2.15. The molecule has 3 aromatic carbocycles. The van der Waals surface area contributed by atoms with Gasteiger partial charge in [0.05, 0.1) is 26.6 Å². The third-order valence-electron chi connectivity index (χ3n) is 4.50. The first kappa shape index (κ1) is 25.5. The molecule has 0 fully saturated rings. The molecule has 34 heavy (non-hydrogen) atoms. The Bertz CT molecular complexity index is 1400. The minimum atomic E-state index is -5.03. The number of sulfonamides is 2. The predicted molar refractivity (Wildman–Crippen MR) is 111 cm³/mol. The van der Waals surface area contributed by atoms with E-state index in [4.69, 9.17) is 5.14 Å². The molecule has 6 nitrogen and oxygen atoms in total. The normalized spacial score (nSPS) is 13.0. The molecule has 182 valence electrons. The lowest BCUT2D eigenvalue weighted by molar-refractivity contribution is -0.143. The van der Waals surface area contributed by atoms with Crippen molar-refractivity contribution < 1.29 is 43.2 Å². The minimum absolute atomic E-state index is 0.0120. The van der Waals surface area contributed by atoms with Crippen LogP contribution in [-0.2, 0) is 32.4 Å².